The molecule has 0 saturated carbocycles. The molecule has 2 bridgehead atoms. The number of anilines is 1. The highest BCUT2D eigenvalue weighted by atomic mass is 16.6. The molecule has 2 saturated heterocycles. The third kappa shape index (κ3) is 5.24. The molecule has 1 unspecified atom stereocenters. The highest BCUT2D eigenvalue weighted by molar-refractivity contribution is 6.03. The van der Waals surface area contributed by atoms with Crippen molar-refractivity contribution < 1.29 is 19.7 Å². The van der Waals surface area contributed by atoms with Crippen molar-refractivity contribution >= 4 is 17.2 Å². The molecule has 3 aliphatic rings. The molecule has 3 heterocycles. The Bertz CT molecular complexity index is 1180. The predicted molar refractivity (Wildman–Crippen MR) is 137 cm³/mol. The summed E-state index contributed by atoms with van der Waals surface area (Å²) in [7, 11) is 0. The number of hydrogen-bond donors (Lipinski definition) is 4. The van der Waals surface area contributed by atoms with Crippen molar-refractivity contribution in [2.75, 3.05) is 5.32 Å². The molecular formula is C28H36N4O4. The molecule has 1 amide bonds. The fraction of sp³-hybridized carbons (Fsp3) is 0.536. The first-order valence-electron chi connectivity index (χ1n) is 12.6. The summed E-state index contributed by atoms with van der Waals surface area (Å²) in [6.45, 7) is 8.31. The number of aliphatic hydroxyl groups excluding tert-OH is 2. The first-order valence-corrected chi connectivity index (χ1v) is 12.6. The number of allylic oxidation sites excluding steroid dienone is 2. The molecule has 4 atom stereocenters. The van der Waals surface area contributed by atoms with Crippen LogP contribution >= 0.6 is 0 Å². The molecule has 1 aliphatic carbocycles. The normalized spacial score (nSPS) is 30.4. The molecule has 36 heavy (non-hydrogen) atoms. The van der Waals surface area contributed by atoms with Gasteiger partial charge in [-0.05, 0) is 69.4 Å². The van der Waals surface area contributed by atoms with Crippen molar-refractivity contribution in [3.8, 4) is 6.07 Å². The van der Waals surface area contributed by atoms with E-state index in [2.05, 4.69) is 35.2 Å². The lowest BCUT2D eigenvalue weighted by molar-refractivity contribution is -0.146. The van der Waals surface area contributed by atoms with Gasteiger partial charge < -0.3 is 25.3 Å². The van der Waals surface area contributed by atoms with Gasteiger partial charge in [0.2, 0.25) is 0 Å². The average molecular weight is 493 g/mol. The van der Waals surface area contributed by atoms with E-state index in [1.54, 1.807) is 0 Å². The second-order valence-corrected chi connectivity index (χ2v) is 11.3. The smallest absolute Gasteiger partial charge is 0.291 e. The molecule has 8 heteroatoms. The largest absolute Gasteiger partial charge is 0.387 e. The molecule has 2 aliphatic heterocycles. The SMILES string of the molecule is CC1(C)CC=C(c2ccccc2NC(=O)c2ncc(C#N)[nH]2)CC1.C[C@]12CCC[C@](C)(O1)C(O)[C@@H]2O. The third-order valence-corrected chi connectivity index (χ3v) is 7.77. The van der Waals surface area contributed by atoms with E-state index in [9.17, 15) is 15.0 Å². The second kappa shape index (κ2) is 9.81. The van der Waals surface area contributed by atoms with Crippen LogP contribution in [0.15, 0.2) is 36.5 Å². The molecule has 0 spiro atoms. The lowest BCUT2D eigenvalue weighted by atomic mass is 9.77. The highest BCUT2D eigenvalue weighted by Crippen LogP contribution is 2.47. The summed E-state index contributed by atoms with van der Waals surface area (Å²) < 4.78 is 5.70. The quantitative estimate of drug-likeness (QED) is 0.496. The van der Waals surface area contributed by atoms with Crippen LogP contribution in [0.1, 0.15) is 88.1 Å². The number of carbonyl (C=O) groups is 1. The third-order valence-electron chi connectivity index (χ3n) is 7.77. The maximum atomic E-state index is 12.3. The van der Waals surface area contributed by atoms with E-state index in [1.807, 2.05) is 44.2 Å². The number of amides is 1. The molecule has 2 fully saturated rings. The number of fused-ring (bicyclic) bond motifs is 2. The Kier molecular flexibility index (Phi) is 7.11. The molecule has 5 rings (SSSR count). The van der Waals surface area contributed by atoms with Gasteiger partial charge in [-0.2, -0.15) is 5.26 Å². The summed E-state index contributed by atoms with van der Waals surface area (Å²) in [6.07, 6.45) is 8.08. The van der Waals surface area contributed by atoms with E-state index in [0.29, 0.717) is 5.41 Å². The summed E-state index contributed by atoms with van der Waals surface area (Å²) in [5, 5.41) is 31.2. The zero-order valence-electron chi connectivity index (χ0n) is 21.5. The second-order valence-electron chi connectivity index (χ2n) is 11.3. The topological polar surface area (TPSA) is 131 Å². The first kappa shape index (κ1) is 26.1. The number of para-hydroxylation sites is 1. The Morgan fingerprint density at radius 3 is 2.36 bits per heavy atom. The van der Waals surface area contributed by atoms with Crippen LogP contribution in [0.4, 0.5) is 5.69 Å². The van der Waals surface area contributed by atoms with Crippen molar-refractivity contribution in [1.29, 1.82) is 5.26 Å². The van der Waals surface area contributed by atoms with Gasteiger partial charge in [0, 0.05) is 11.3 Å². The molecular weight excluding hydrogens is 456 g/mol. The summed E-state index contributed by atoms with van der Waals surface area (Å²) in [5.74, 6) is -0.208. The minimum absolute atomic E-state index is 0.139. The molecule has 192 valence electrons. The summed E-state index contributed by atoms with van der Waals surface area (Å²) in [4.78, 5) is 19.0. The van der Waals surface area contributed by atoms with Gasteiger partial charge in [0.15, 0.2) is 5.82 Å². The molecule has 4 N–H and O–H groups in total. The summed E-state index contributed by atoms with van der Waals surface area (Å²) in [6, 6.07) is 9.73. The van der Waals surface area contributed by atoms with E-state index in [1.165, 1.54) is 11.8 Å². The maximum Gasteiger partial charge on any atom is 0.291 e. The minimum atomic E-state index is -0.718. The highest BCUT2D eigenvalue weighted by Gasteiger charge is 2.59. The van der Waals surface area contributed by atoms with Crippen molar-refractivity contribution in [2.24, 2.45) is 5.41 Å². The van der Waals surface area contributed by atoms with Crippen molar-refractivity contribution in [2.45, 2.75) is 89.6 Å². The number of benzene rings is 1. The van der Waals surface area contributed by atoms with Crippen LogP contribution in [0.2, 0.25) is 0 Å². The van der Waals surface area contributed by atoms with E-state index in [0.717, 1.165) is 49.8 Å². The van der Waals surface area contributed by atoms with Crippen LogP contribution in [0.5, 0.6) is 0 Å². The van der Waals surface area contributed by atoms with Gasteiger partial charge >= 0.3 is 0 Å². The minimum Gasteiger partial charge on any atom is -0.387 e. The van der Waals surface area contributed by atoms with Gasteiger partial charge in [-0.1, -0.05) is 38.1 Å². The van der Waals surface area contributed by atoms with Crippen LogP contribution in [-0.4, -0.2) is 49.5 Å². The van der Waals surface area contributed by atoms with Gasteiger partial charge in [-0.25, -0.2) is 4.98 Å². The first-order chi connectivity index (χ1) is 17.0. The maximum absolute atomic E-state index is 12.3. The van der Waals surface area contributed by atoms with E-state index < -0.39 is 23.4 Å². The molecule has 8 nitrogen and oxygen atoms in total. The van der Waals surface area contributed by atoms with Gasteiger partial charge in [-0.15, -0.1) is 0 Å². The van der Waals surface area contributed by atoms with Gasteiger partial charge in [0.25, 0.3) is 5.91 Å². The van der Waals surface area contributed by atoms with Crippen molar-refractivity contribution in [3.05, 3.63) is 53.6 Å². The number of nitrogens with one attached hydrogen (secondary N) is 2. The van der Waals surface area contributed by atoms with Crippen molar-refractivity contribution in [3.63, 3.8) is 0 Å². The summed E-state index contributed by atoms with van der Waals surface area (Å²) >= 11 is 0. The standard InChI is InChI=1S/C19H20N4O.C9H16O3/c1-19(2)9-7-13(8-10-19)15-5-3-4-6-16(15)23-18(24)17-21-12-14(11-20)22-17;1-8-4-3-5-9(2,12-8)7(11)6(8)10/h3-7,12H,8-10H2,1-2H3,(H,21,22)(H,23,24);6-7,10-11H,3-5H2,1-2H3/t;6-,7?,8+,9-/m.0/s1. The number of carbonyl (C=O) groups excluding carboxylic acids is 1. The number of aromatic amines is 1. The van der Waals surface area contributed by atoms with E-state index in [-0.39, 0.29) is 17.4 Å². The number of imidazole rings is 1. The number of rotatable bonds is 3. The lowest BCUT2D eigenvalue weighted by Crippen LogP contribution is -2.39. The fourth-order valence-electron chi connectivity index (χ4n) is 5.38. The molecule has 1 aromatic heterocycles. The van der Waals surface area contributed by atoms with Crippen LogP contribution < -0.4 is 5.32 Å². The van der Waals surface area contributed by atoms with Crippen LogP contribution in [0.3, 0.4) is 0 Å². The number of nitriles is 1. The Hall–Kier alpha value is -2.99. The van der Waals surface area contributed by atoms with Gasteiger partial charge in [-0.3, -0.25) is 4.79 Å². The van der Waals surface area contributed by atoms with E-state index >= 15 is 0 Å². The number of aromatic nitrogens is 2. The Morgan fingerprint density at radius 1 is 1.14 bits per heavy atom. The number of hydrogen-bond acceptors (Lipinski definition) is 6. The average Bonchev–Trinajstić information content (AvgIpc) is 3.37. The molecule has 2 aromatic rings. The van der Waals surface area contributed by atoms with Crippen LogP contribution in [0, 0.1) is 16.7 Å². The number of nitrogens with zero attached hydrogens (tertiary/aromatic N) is 2. The zero-order chi connectivity index (χ0) is 26.1. The molecule has 1 aromatic carbocycles. The number of aliphatic hydroxyl groups is 2. The summed E-state index contributed by atoms with van der Waals surface area (Å²) in [5.41, 5.74) is 2.67. The van der Waals surface area contributed by atoms with Gasteiger partial charge in [0.05, 0.1) is 17.4 Å². The monoisotopic (exact) mass is 492 g/mol. The zero-order valence-corrected chi connectivity index (χ0v) is 21.5. The lowest BCUT2D eigenvalue weighted by Gasteiger charge is -2.36. The number of ether oxygens (including phenoxy) is 1. The fourth-order valence-corrected chi connectivity index (χ4v) is 5.38. The molecule has 0 radical (unpaired) electrons. The Balaban J connectivity index is 0.000000211. The predicted octanol–water partition coefficient (Wildman–Crippen LogP) is 4.57. The number of H-pyrrole nitrogens is 1. The van der Waals surface area contributed by atoms with E-state index in [4.69, 9.17) is 10.00 Å². The Morgan fingerprint density at radius 2 is 1.81 bits per heavy atom. The Labute approximate surface area is 212 Å². The van der Waals surface area contributed by atoms with Crippen LogP contribution in [-0.2, 0) is 4.74 Å². The van der Waals surface area contributed by atoms with Crippen molar-refractivity contribution in [1.82, 2.24) is 9.97 Å². The van der Waals surface area contributed by atoms with Gasteiger partial charge in [0.1, 0.15) is 24.0 Å². The van der Waals surface area contributed by atoms with Crippen LogP contribution in [0.25, 0.3) is 5.57 Å².